The van der Waals surface area contributed by atoms with Crippen molar-refractivity contribution in [2.24, 2.45) is 0 Å². The van der Waals surface area contributed by atoms with Crippen molar-refractivity contribution in [2.75, 3.05) is 43.9 Å². The molecule has 2 aliphatic heterocycles. The van der Waals surface area contributed by atoms with E-state index in [4.69, 9.17) is 0 Å². The summed E-state index contributed by atoms with van der Waals surface area (Å²) in [4.78, 5) is 27.9. The second kappa shape index (κ2) is 5.63. The van der Waals surface area contributed by atoms with Crippen LogP contribution >= 0.6 is 0 Å². The number of carbonyl (C=O) groups excluding carboxylic acids is 2. The Hall–Kier alpha value is -2.24. The molecule has 2 aliphatic rings. The normalized spacial score (nSPS) is 22.0. The van der Waals surface area contributed by atoms with E-state index in [2.05, 4.69) is 10.6 Å². The minimum atomic E-state index is -0.323. The quantitative estimate of drug-likeness (QED) is 0.793. The minimum Gasteiger partial charge on any atom is -0.381 e. The van der Waals surface area contributed by atoms with E-state index in [0.29, 0.717) is 19.6 Å². The van der Waals surface area contributed by atoms with E-state index in [1.165, 1.54) is 0 Å². The summed E-state index contributed by atoms with van der Waals surface area (Å²) in [5.41, 5.74) is 1.94. The van der Waals surface area contributed by atoms with E-state index < -0.39 is 0 Å². The largest absolute Gasteiger partial charge is 0.381 e. The van der Waals surface area contributed by atoms with Crippen LogP contribution < -0.4 is 10.6 Å². The average molecular weight is 288 g/mol. The van der Waals surface area contributed by atoms with E-state index in [-0.39, 0.29) is 24.4 Å². The molecule has 1 aromatic rings. The molecule has 21 heavy (non-hydrogen) atoms. The van der Waals surface area contributed by atoms with Gasteiger partial charge in [0.05, 0.1) is 17.9 Å². The summed E-state index contributed by atoms with van der Waals surface area (Å²) in [6, 6.07) is 7.50. The van der Waals surface area contributed by atoms with Crippen LogP contribution in [0.25, 0.3) is 0 Å². The molecule has 0 aliphatic carbocycles. The van der Waals surface area contributed by atoms with Crippen LogP contribution in [0.15, 0.2) is 24.3 Å². The maximum absolute atomic E-state index is 12.6. The molecule has 0 saturated carbocycles. The van der Waals surface area contributed by atoms with Gasteiger partial charge in [-0.05, 0) is 18.6 Å². The second-order valence-electron chi connectivity index (χ2n) is 5.55. The number of hydrogen-bond acceptors (Lipinski definition) is 4. The zero-order valence-electron chi connectivity index (χ0n) is 12.1. The highest BCUT2D eigenvalue weighted by molar-refractivity contribution is 5.91. The Bertz CT molecular complexity index is 560. The van der Waals surface area contributed by atoms with Crippen LogP contribution in [0.3, 0.4) is 0 Å². The summed E-state index contributed by atoms with van der Waals surface area (Å²) in [5.74, 6) is -0.00864. The molecule has 6 heteroatoms. The van der Waals surface area contributed by atoms with Crippen molar-refractivity contribution in [3.63, 3.8) is 0 Å². The first-order chi connectivity index (χ1) is 10.1. The highest BCUT2D eigenvalue weighted by Gasteiger charge is 2.30. The molecule has 1 saturated heterocycles. The number of nitrogens with one attached hydrogen (secondary N) is 2. The van der Waals surface area contributed by atoms with Gasteiger partial charge in [0.15, 0.2) is 0 Å². The average Bonchev–Trinajstić information content (AvgIpc) is 2.68. The summed E-state index contributed by atoms with van der Waals surface area (Å²) in [7, 11) is 1.78. The maximum Gasteiger partial charge on any atom is 0.247 e. The van der Waals surface area contributed by atoms with Gasteiger partial charge in [-0.25, -0.2) is 0 Å². The van der Waals surface area contributed by atoms with Crippen molar-refractivity contribution < 1.29 is 9.59 Å². The fourth-order valence-electron chi connectivity index (χ4n) is 2.76. The fraction of sp³-hybridized carbons (Fsp3) is 0.467. The van der Waals surface area contributed by atoms with Crippen LogP contribution in [-0.2, 0) is 9.59 Å². The molecule has 1 atom stereocenters. The number of fused-ring (bicyclic) bond motifs is 1. The molecule has 112 valence electrons. The molecule has 3 rings (SSSR count). The Balaban J connectivity index is 1.70. The topological polar surface area (TPSA) is 64.7 Å². The highest BCUT2D eigenvalue weighted by atomic mass is 16.2. The number of para-hydroxylation sites is 2. The minimum absolute atomic E-state index is 0.00465. The smallest absolute Gasteiger partial charge is 0.247 e. The molecule has 6 nitrogen and oxygen atoms in total. The van der Waals surface area contributed by atoms with E-state index in [1.807, 2.05) is 24.3 Å². The van der Waals surface area contributed by atoms with Crippen LogP contribution in [-0.4, -0.2) is 60.9 Å². The molecule has 2 heterocycles. The number of hydrogen-bond donors (Lipinski definition) is 2. The van der Waals surface area contributed by atoms with Crippen molar-refractivity contribution >= 4 is 23.2 Å². The Morgan fingerprint density at radius 2 is 2.00 bits per heavy atom. The molecule has 0 aromatic heterocycles. The molecule has 0 radical (unpaired) electrons. The monoisotopic (exact) mass is 288 g/mol. The van der Waals surface area contributed by atoms with Crippen LogP contribution in [0.1, 0.15) is 6.42 Å². The lowest BCUT2D eigenvalue weighted by Gasteiger charge is -2.31. The molecule has 0 spiro atoms. The van der Waals surface area contributed by atoms with Crippen LogP contribution in [0.2, 0.25) is 0 Å². The standard InChI is InChI=1S/C15H20N4O2/c1-18-7-4-8-19(10-14(18)20)15(21)13-9-16-11-5-2-3-6-12(11)17-13/h2-3,5-6,13,16-17H,4,7-10H2,1H3. The lowest BCUT2D eigenvalue weighted by Crippen LogP contribution is -2.49. The number of carbonyl (C=O) groups is 2. The summed E-state index contributed by atoms with van der Waals surface area (Å²) in [6.45, 7) is 2.06. The van der Waals surface area contributed by atoms with Gasteiger partial charge in [0.25, 0.3) is 0 Å². The van der Waals surface area contributed by atoms with E-state index in [1.54, 1.807) is 16.8 Å². The van der Waals surface area contributed by atoms with Gasteiger partial charge < -0.3 is 20.4 Å². The number of benzene rings is 1. The third-order valence-corrected chi connectivity index (χ3v) is 4.04. The number of rotatable bonds is 1. The zero-order chi connectivity index (χ0) is 14.8. The Morgan fingerprint density at radius 3 is 2.81 bits per heavy atom. The van der Waals surface area contributed by atoms with Crippen molar-refractivity contribution in [3.05, 3.63) is 24.3 Å². The van der Waals surface area contributed by atoms with Gasteiger partial charge in [0.1, 0.15) is 6.04 Å². The summed E-state index contributed by atoms with van der Waals surface area (Å²) in [6.07, 6.45) is 0.824. The molecule has 1 fully saturated rings. The van der Waals surface area contributed by atoms with Crippen molar-refractivity contribution in [3.8, 4) is 0 Å². The number of anilines is 2. The third kappa shape index (κ3) is 2.79. The van der Waals surface area contributed by atoms with Gasteiger partial charge in [-0.15, -0.1) is 0 Å². The van der Waals surface area contributed by atoms with Gasteiger partial charge in [-0.2, -0.15) is 0 Å². The van der Waals surface area contributed by atoms with Gasteiger partial charge in [-0.3, -0.25) is 9.59 Å². The van der Waals surface area contributed by atoms with E-state index >= 15 is 0 Å². The van der Waals surface area contributed by atoms with Crippen molar-refractivity contribution in [1.29, 1.82) is 0 Å². The van der Waals surface area contributed by atoms with Gasteiger partial charge in [0.2, 0.25) is 11.8 Å². The number of amides is 2. The van der Waals surface area contributed by atoms with Gasteiger partial charge >= 0.3 is 0 Å². The summed E-state index contributed by atoms with van der Waals surface area (Å²) < 4.78 is 0. The lowest BCUT2D eigenvalue weighted by molar-refractivity contribution is -0.138. The molecule has 1 aromatic carbocycles. The van der Waals surface area contributed by atoms with E-state index in [0.717, 1.165) is 17.8 Å². The Morgan fingerprint density at radius 1 is 1.24 bits per heavy atom. The summed E-state index contributed by atoms with van der Waals surface area (Å²) in [5, 5.41) is 6.52. The number of nitrogens with zero attached hydrogens (tertiary/aromatic N) is 2. The molecule has 2 N–H and O–H groups in total. The predicted molar refractivity (Wildman–Crippen MR) is 81.2 cm³/mol. The first kappa shape index (κ1) is 13.7. The van der Waals surface area contributed by atoms with Gasteiger partial charge in [0, 0.05) is 26.7 Å². The Labute approximate surface area is 124 Å². The predicted octanol–water partition coefficient (Wildman–Crippen LogP) is 0.583. The molecule has 1 unspecified atom stereocenters. The van der Waals surface area contributed by atoms with Crippen LogP contribution in [0.5, 0.6) is 0 Å². The molecular formula is C15H20N4O2. The van der Waals surface area contributed by atoms with Gasteiger partial charge in [-0.1, -0.05) is 12.1 Å². The van der Waals surface area contributed by atoms with Crippen molar-refractivity contribution in [2.45, 2.75) is 12.5 Å². The second-order valence-corrected chi connectivity index (χ2v) is 5.55. The number of likely N-dealkylation sites (N-methyl/N-ethyl adjacent to an activating group) is 1. The molecule has 2 amide bonds. The van der Waals surface area contributed by atoms with Crippen LogP contribution in [0, 0.1) is 0 Å². The SMILES string of the molecule is CN1CCCN(C(=O)C2CNc3ccccc3N2)CC1=O. The first-order valence-electron chi connectivity index (χ1n) is 7.27. The molecule has 0 bridgehead atoms. The van der Waals surface area contributed by atoms with E-state index in [9.17, 15) is 9.59 Å². The molecular weight excluding hydrogens is 268 g/mol. The Kier molecular flexibility index (Phi) is 3.68. The lowest BCUT2D eigenvalue weighted by atomic mass is 10.1. The fourth-order valence-corrected chi connectivity index (χ4v) is 2.76. The first-order valence-corrected chi connectivity index (χ1v) is 7.27. The zero-order valence-corrected chi connectivity index (χ0v) is 12.1. The third-order valence-electron chi connectivity index (χ3n) is 4.04. The summed E-state index contributed by atoms with van der Waals surface area (Å²) >= 11 is 0. The maximum atomic E-state index is 12.6. The van der Waals surface area contributed by atoms with Crippen LogP contribution in [0.4, 0.5) is 11.4 Å². The van der Waals surface area contributed by atoms with Crippen molar-refractivity contribution in [1.82, 2.24) is 9.80 Å². The highest BCUT2D eigenvalue weighted by Crippen LogP contribution is 2.25.